The molecule has 0 fully saturated rings. The van der Waals surface area contributed by atoms with Gasteiger partial charge in [0.2, 0.25) is 5.88 Å². The van der Waals surface area contributed by atoms with Crippen LogP contribution in [0.4, 0.5) is 0 Å². The molecule has 0 aromatic carbocycles. The van der Waals surface area contributed by atoms with Crippen molar-refractivity contribution in [3.63, 3.8) is 0 Å². The van der Waals surface area contributed by atoms with Gasteiger partial charge in [-0.1, -0.05) is 0 Å². The summed E-state index contributed by atoms with van der Waals surface area (Å²) in [6.45, 7) is 0. The highest BCUT2D eigenvalue weighted by Crippen LogP contribution is 2.20. The molecule has 1 heterocycles. The number of aromatic nitrogens is 1. The third-order valence-corrected chi connectivity index (χ3v) is 1.66. The Balaban J connectivity index is 3.14. The van der Waals surface area contributed by atoms with Crippen LogP contribution in [0.1, 0.15) is 10.4 Å². The number of nitrogens with zero attached hydrogens (tertiary/aromatic N) is 1. The summed E-state index contributed by atoms with van der Waals surface area (Å²) in [7, 11) is 4.22. The molecule has 1 aromatic rings. The molecule has 76 valence electrons. The van der Waals surface area contributed by atoms with Gasteiger partial charge in [0, 0.05) is 6.07 Å². The molecule has 1 rings (SSSR count). The van der Waals surface area contributed by atoms with E-state index >= 15 is 0 Å². The van der Waals surface area contributed by atoms with E-state index in [1.54, 1.807) is 0 Å². The minimum atomic E-state index is -0.506. The third-order valence-electron chi connectivity index (χ3n) is 1.66. The van der Waals surface area contributed by atoms with E-state index in [0.717, 1.165) is 0 Å². The molecule has 0 bridgehead atoms. The molecule has 1 aromatic heterocycles. The van der Waals surface area contributed by atoms with Gasteiger partial charge in [0.25, 0.3) is 0 Å². The predicted octanol–water partition coefficient (Wildman–Crippen LogP) is 0.885. The predicted molar refractivity (Wildman–Crippen MR) is 48.7 cm³/mol. The number of rotatable bonds is 3. The monoisotopic (exact) mass is 197 g/mol. The molecule has 14 heavy (non-hydrogen) atoms. The van der Waals surface area contributed by atoms with Crippen LogP contribution in [0.5, 0.6) is 11.6 Å². The quantitative estimate of drug-likeness (QED) is 0.673. The van der Waals surface area contributed by atoms with Crippen molar-refractivity contribution < 1.29 is 19.0 Å². The van der Waals surface area contributed by atoms with Gasteiger partial charge in [-0.25, -0.2) is 9.78 Å². The summed E-state index contributed by atoms with van der Waals surface area (Å²) in [5.74, 6) is 0.192. The van der Waals surface area contributed by atoms with Crippen LogP contribution in [0.3, 0.4) is 0 Å². The topological polar surface area (TPSA) is 57.7 Å². The van der Waals surface area contributed by atoms with Gasteiger partial charge in [-0.05, 0) is 0 Å². The molecular formula is C9H11NO4. The molecule has 0 aliphatic rings. The van der Waals surface area contributed by atoms with Crippen molar-refractivity contribution in [2.75, 3.05) is 21.3 Å². The standard InChI is InChI=1S/C9H11NO4/c1-12-6-4-7(9(11)14-3)8(13-2)10-5-6/h4-5H,1-3H3. The zero-order valence-electron chi connectivity index (χ0n) is 8.23. The minimum Gasteiger partial charge on any atom is -0.495 e. The maximum Gasteiger partial charge on any atom is 0.343 e. The van der Waals surface area contributed by atoms with Crippen molar-refractivity contribution in [1.29, 1.82) is 0 Å². The summed E-state index contributed by atoms with van der Waals surface area (Å²) in [6.07, 6.45) is 1.46. The van der Waals surface area contributed by atoms with Crippen molar-refractivity contribution in [2.24, 2.45) is 0 Å². The molecule has 0 N–H and O–H groups in total. The number of methoxy groups -OCH3 is 3. The number of hydrogen-bond donors (Lipinski definition) is 0. The van der Waals surface area contributed by atoms with Gasteiger partial charge in [-0.3, -0.25) is 0 Å². The summed E-state index contributed by atoms with van der Waals surface area (Å²) >= 11 is 0. The fourth-order valence-corrected chi connectivity index (χ4v) is 0.964. The van der Waals surface area contributed by atoms with E-state index in [-0.39, 0.29) is 11.4 Å². The highest BCUT2D eigenvalue weighted by atomic mass is 16.5. The summed E-state index contributed by atoms with van der Waals surface area (Å²) in [5.41, 5.74) is 0.245. The zero-order valence-corrected chi connectivity index (χ0v) is 8.23. The van der Waals surface area contributed by atoms with E-state index in [1.165, 1.54) is 33.6 Å². The average molecular weight is 197 g/mol. The molecule has 5 heteroatoms. The SMILES string of the molecule is COC(=O)c1cc(OC)cnc1OC. The summed E-state index contributed by atoms with van der Waals surface area (Å²) in [5, 5.41) is 0. The first kappa shape index (κ1) is 10.3. The molecule has 0 atom stereocenters. The van der Waals surface area contributed by atoms with Gasteiger partial charge in [0.1, 0.15) is 11.3 Å². The number of hydrogen-bond acceptors (Lipinski definition) is 5. The van der Waals surface area contributed by atoms with Gasteiger partial charge in [-0.2, -0.15) is 0 Å². The summed E-state index contributed by atoms with van der Waals surface area (Å²) in [4.78, 5) is 15.2. The van der Waals surface area contributed by atoms with Crippen LogP contribution >= 0.6 is 0 Å². The van der Waals surface area contributed by atoms with Crippen LogP contribution in [0, 0.1) is 0 Å². The largest absolute Gasteiger partial charge is 0.495 e. The van der Waals surface area contributed by atoms with E-state index < -0.39 is 5.97 Å². The highest BCUT2D eigenvalue weighted by Gasteiger charge is 2.14. The Morgan fingerprint density at radius 2 is 2.00 bits per heavy atom. The Bertz CT molecular complexity index is 338. The molecule has 0 aliphatic heterocycles. The molecule has 0 radical (unpaired) electrons. The highest BCUT2D eigenvalue weighted by molar-refractivity contribution is 5.92. The minimum absolute atomic E-state index is 0.220. The molecule has 0 unspecified atom stereocenters. The van der Waals surface area contributed by atoms with Crippen LogP contribution in [-0.4, -0.2) is 32.3 Å². The molecule has 0 saturated heterocycles. The second-order valence-corrected chi connectivity index (χ2v) is 2.42. The third kappa shape index (κ3) is 1.93. The molecule has 0 saturated carbocycles. The van der Waals surface area contributed by atoms with Gasteiger partial charge in [0.15, 0.2) is 0 Å². The Morgan fingerprint density at radius 1 is 1.29 bits per heavy atom. The van der Waals surface area contributed by atoms with E-state index in [2.05, 4.69) is 9.72 Å². The smallest absolute Gasteiger partial charge is 0.343 e. The zero-order chi connectivity index (χ0) is 10.6. The van der Waals surface area contributed by atoms with Gasteiger partial charge in [-0.15, -0.1) is 0 Å². The van der Waals surface area contributed by atoms with E-state index in [0.29, 0.717) is 5.75 Å². The van der Waals surface area contributed by atoms with Crippen LogP contribution in [0.15, 0.2) is 12.3 Å². The maximum absolute atomic E-state index is 11.3. The lowest BCUT2D eigenvalue weighted by molar-refractivity contribution is 0.0595. The first-order chi connectivity index (χ1) is 6.72. The summed E-state index contributed by atoms with van der Waals surface area (Å²) in [6, 6.07) is 1.51. The first-order valence-corrected chi connectivity index (χ1v) is 3.89. The summed E-state index contributed by atoms with van der Waals surface area (Å²) < 4.78 is 14.4. The first-order valence-electron chi connectivity index (χ1n) is 3.89. The maximum atomic E-state index is 11.3. The second kappa shape index (κ2) is 4.45. The Hall–Kier alpha value is -1.78. The molecule has 0 amide bonds. The van der Waals surface area contributed by atoms with Crippen LogP contribution in [-0.2, 0) is 4.74 Å². The van der Waals surface area contributed by atoms with Gasteiger partial charge in [0.05, 0.1) is 27.5 Å². The Labute approximate surface area is 81.6 Å². The van der Waals surface area contributed by atoms with Crippen LogP contribution in [0.2, 0.25) is 0 Å². The Kier molecular flexibility index (Phi) is 3.28. The van der Waals surface area contributed by atoms with Crippen LogP contribution in [0.25, 0.3) is 0 Å². The number of ether oxygens (including phenoxy) is 3. The van der Waals surface area contributed by atoms with E-state index in [4.69, 9.17) is 9.47 Å². The van der Waals surface area contributed by atoms with Crippen molar-refractivity contribution in [2.45, 2.75) is 0 Å². The Morgan fingerprint density at radius 3 is 2.50 bits per heavy atom. The van der Waals surface area contributed by atoms with Gasteiger partial charge >= 0.3 is 5.97 Å². The van der Waals surface area contributed by atoms with E-state index in [9.17, 15) is 4.79 Å². The van der Waals surface area contributed by atoms with Crippen LogP contribution < -0.4 is 9.47 Å². The molecule has 0 aliphatic carbocycles. The van der Waals surface area contributed by atoms with Gasteiger partial charge < -0.3 is 14.2 Å². The molecule has 0 spiro atoms. The number of esters is 1. The molecular weight excluding hydrogens is 186 g/mol. The lowest BCUT2D eigenvalue weighted by Crippen LogP contribution is -2.05. The second-order valence-electron chi connectivity index (χ2n) is 2.42. The number of carbonyl (C=O) groups excluding carboxylic acids is 1. The fraction of sp³-hybridized carbons (Fsp3) is 0.333. The normalized spacial score (nSPS) is 9.36. The van der Waals surface area contributed by atoms with Crippen molar-refractivity contribution in [1.82, 2.24) is 4.98 Å². The van der Waals surface area contributed by atoms with Crippen molar-refractivity contribution >= 4 is 5.97 Å². The average Bonchev–Trinajstić information content (AvgIpc) is 2.27. The van der Waals surface area contributed by atoms with E-state index in [1.807, 2.05) is 0 Å². The number of carbonyl (C=O) groups is 1. The lowest BCUT2D eigenvalue weighted by atomic mass is 10.2. The lowest BCUT2D eigenvalue weighted by Gasteiger charge is -2.06. The number of pyridine rings is 1. The molecule has 5 nitrogen and oxygen atoms in total. The fourth-order valence-electron chi connectivity index (χ4n) is 0.964. The van der Waals surface area contributed by atoms with Crippen molar-refractivity contribution in [3.05, 3.63) is 17.8 Å². The van der Waals surface area contributed by atoms with Crippen molar-refractivity contribution in [3.8, 4) is 11.6 Å².